The Morgan fingerprint density at radius 3 is 2.50 bits per heavy atom. The van der Waals surface area contributed by atoms with Crippen molar-refractivity contribution in [1.29, 1.82) is 0 Å². The maximum Gasteiger partial charge on any atom is 0.316 e. The number of benzene rings is 1. The summed E-state index contributed by atoms with van der Waals surface area (Å²) < 4.78 is 16.6. The van der Waals surface area contributed by atoms with E-state index in [2.05, 4.69) is 4.90 Å². The third-order valence-corrected chi connectivity index (χ3v) is 6.43. The van der Waals surface area contributed by atoms with Gasteiger partial charge in [0.1, 0.15) is 6.61 Å². The van der Waals surface area contributed by atoms with Gasteiger partial charge in [0.05, 0.1) is 41.9 Å². The maximum absolute atomic E-state index is 13.0. The van der Waals surface area contributed by atoms with Crippen LogP contribution in [0, 0.1) is 0 Å². The summed E-state index contributed by atoms with van der Waals surface area (Å²) in [5, 5.41) is 0.974. The smallest absolute Gasteiger partial charge is 0.316 e. The highest BCUT2D eigenvalue weighted by Gasteiger charge is 2.42. The molecular weight excluding hydrogens is 401 g/mol. The van der Waals surface area contributed by atoms with Crippen molar-refractivity contribution in [3.05, 3.63) is 33.8 Å². The highest BCUT2D eigenvalue weighted by Crippen LogP contribution is 2.42. The second-order valence-corrected chi connectivity index (χ2v) is 8.29. The van der Waals surface area contributed by atoms with Crippen molar-refractivity contribution in [1.82, 2.24) is 4.90 Å². The van der Waals surface area contributed by atoms with E-state index < -0.39 is 5.41 Å². The monoisotopic (exact) mass is 429 g/mol. The number of rotatable bonds is 8. The molecule has 1 aliphatic heterocycles. The van der Waals surface area contributed by atoms with Crippen LogP contribution in [0.4, 0.5) is 0 Å². The molecule has 7 heteroatoms. The molecule has 1 aromatic rings. The SMILES string of the molecule is O=C(OCCOCCN1CCOCC1)C1(c2ccc(Cl)c(Cl)c2)CCCCC1. The minimum absolute atomic E-state index is 0.178. The second-order valence-electron chi connectivity index (χ2n) is 7.47. The van der Waals surface area contributed by atoms with Crippen molar-refractivity contribution in [2.24, 2.45) is 0 Å². The average molecular weight is 430 g/mol. The van der Waals surface area contributed by atoms with E-state index >= 15 is 0 Å². The molecule has 28 heavy (non-hydrogen) atoms. The lowest BCUT2D eigenvalue weighted by molar-refractivity contribution is -0.153. The predicted octanol–water partition coefficient (Wildman–Crippen LogP) is 4.09. The fourth-order valence-electron chi connectivity index (χ4n) is 4.01. The van der Waals surface area contributed by atoms with Crippen molar-refractivity contribution in [2.75, 3.05) is 52.7 Å². The van der Waals surface area contributed by atoms with Crippen molar-refractivity contribution in [3.8, 4) is 0 Å². The molecule has 1 saturated heterocycles. The summed E-state index contributed by atoms with van der Waals surface area (Å²) in [5.41, 5.74) is 0.278. The Morgan fingerprint density at radius 1 is 1.04 bits per heavy atom. The number of halogens is 2. The van der Waals surface area contributed by atoms with Gasteiger partial charge in [-0.05, 0) is 30.5 Å². The van der Waals surface area contributed by atoms with E-state index in [0.717, 1.165) is 70.5 Å². The van der Waals surface area contributed by atoms with E-state index in [-0.39, 0.29) is 12.6 Å². The molecule has 5 nitrogen and oxygen atoms in total. The van der Waals surface area contributed by atoms with Gasteiger partial charge in [0, 0.05) is 19.6 Å². The Bertz CT molecular complexity index is 643. The third kappa shape index (κ3) is 5.61. The van der Waals surface area contributed by atoms with Gasteiger partial charge in [-0.15, -0.1) is 0 Å². The van der Waals surface area contributed by atoms with Crippen LogP contribution in [0.5, 0.6) is 0 Å². The second kappa shape index (κ2) is 10.8. The van der Waals surface area contributed by atoms with Crippen LogP contribution in [0.3, 0.4) is 0 Å². The first kappa shape index (κ1) is 21.8. The molecule has 3 rings (SSSR count). The zero-order valence-electron chi connectivity index (χ0n) is 16.3. The summed E-state index contributed by atoms with van der Waals surface area (Å²) in [6.45, 7) is 5.66. The van der Waals surface area contributed by atoms with Gasteiger partial charge in [-0.25, -0.2) is 0 Å². The lowest BCUT2D eigenvalue weighted by Gasteiger charge is -2.35. The van der Waals surface area contributed by atoms with E-state index in [0.29, 0.717) is 23.3 Å². The lowest BCUT2D eigenvalue weighted by atomic mass is 9.69. The molecule has 2 aliphatic rings. The predicted molar refractivity (Wildman–Crippen MR) is 110 cm³/mol. The molecule has 2 fully saturated rings. The summed E-state index contributed by atoms with van der Waals surface area (Å²) in [5.74, 6) is -0.178. The first-order valence-electron chi connectivity index (χ1n) is 10.1. The highest BCUT2D eigenvalue weighted by molar-refractivity contribution is 6.42. The Morgan fingerprint density at radius 2 is 1.79 bits per heavy atom. The maximum atomic E-state index is 13.0. The van der Waals surface area contributed by atoms with Gasteiger partial charge >= 0.3 is 5.97 Å². The van der Waals surface area contributed by atoms with Crippen LogP contribution in [-0.2, 0) is 24.4 Å². The van der Waals surface area contributed by atoms with Crippen LogP contribution in [-0.4, -0.2) is 63.5 Å². The molecule has 0 radical (unpaired) electrons. The van der Waals surface area contributed by atoms with Crippen molar-refractivity contribution in [3.63, 3.8) is 0 Å². The van der Waals surface area contributed by atoms with Crippen LogP contribution in [0.15, 0.2) is 18.2 Å². The molecular formula is C21H29Cl2NO4. The molecule has 0 N–H and O–H groups in total. The Balaban J connectivity index is 1.48. The summed E-state index contributed by atoms with van der Waals surface area (Å²) in [6, 6.07) is 5.48. The average Bonchev–Trinajstić information content (AvgIpc) is 2.73. The summed E-state index contributed by atoms with van der Waals surface area (Å²) >= 11 is 12.3. The lowest BCUT2D eigenvalue weighted by Crippen LogP contribution is -2.40. The van der Waals surface area contributed by atoms with Crippen LogP contribution in [0.25, 0.3) is 0 Å². The number of hydrogen-bond acceptors (Lipinski definition) is 5. The molecule has 156 valence electrons. The minimum Gasteiger partial charge on any atom is -0.463 e. The van der Waals surface area contributed by atoms with E-state index in [9.17, 15) is 4.79 Å². The molecule has 0 amide bonds. The number of morpholine rings is 1. The molecule has 1 aromatic carbocycles. The zero-order valence-corrected chi connectivity index (χ0v) is 17.8. The van der Waals surface area contributed by atoms with Crippen LogP contribution < -0.4 is 0 Å². The molecule has 0 unspecified atom stereocenters. The van der Waals surface area contributed by atoms with Gasteiger partial charge in [-0.2, -0.15) is 0 Å². The number of carbonyl (C=O) groups excluding carboxylic acids is 1. The molecule has 1 heterocycles. The third-order valence-electron chi connectivity index (χ3n) is 5.69. The molecule has 0 bridgehead atoms. The van der Waals surface area contributed by atoms with Gasteiger partial charge in [0.15, 0.2) is 0 Å². The van der Waals surface area contributed by atoms with E-state index in [1.54, 1.807) is 6.07 Å². The topological polar surface area (TPSA) is 48.0 Å². The summed E-state index contributed by atoms with van der Waals surface area (Å²) in [4.78, 5) is 15.3. The number of nitrogens with zero attached hydrogens (tertiary/aromatic N) is 1. The van der Waals surface area contributed by atoms with Crippen molar-refractivity contribution >= 4 is 29.2 Å². The van der Waals surface area contributed by atoms with Gasteiger partial charge in [-0.1, -0.05) is 48.5 Å². The van der Waals surface area contributed by atoms with Gasteiger partial charge < -0.3 is 14.2 Å². The number of carbonyl (C=O) groups is 1. The van der Waals surface area contributed by atoms with Gasteiger partial charge in [0.2, 0.25) is 0 Å². The quantitative estimate of drug-likeness (QED) is 0.459. The van der Waals surface area contributed by atoms with Gasteiger partial charge in [-0.3, -0.25) is 9.69 Å². The van der Waals surface area contributed by atoms with E-state index in [4.69, 9.17) is 37.4 Å². The Hall–Kier alpha value is -0.850. The van der Waals surface area contributed by atoms with E-state index in [1.165, 1.54) is 0 Å². The largest absolute Gasteiger partial charge is 0.463 e. The molecule has 1 aliphatic carbocycles. The normalized spacial score (nSPS) is 20.1. The van der Waals surface area contributed by atoms with Crippen molar-refractivity contribution < 1.29 is 19.0 Å². The molecule has 1 saturated carbocycles. The zero-order chi connectivity index (χ0) is 19.8. The highest BCUT2D eigenvalue weighted by atomic mass is 35.5. The van der Waals surface area contributed by atoms with Crippen LogP contribution in [0.2, 0.25) is 10.0 Å². The minimum atomic E-state index is -0.625. The Kier molecular flexibility index (Phi) is 8.42. The molecule has 0 aromatic heterocycles. The fraction of sp³-hybridized carbons (Fsp3) is 0.667. The molecule has 0 atom stereocenters. The van der Waals surface area contributed by atoms with E-state index in [1.807, 2.05) is 12.1 Å². The van der Waals surface area contributed by atoms with Crippen LogP contribution in [0.1, 0.15) is 37.7 Å². The standard InChI is InChI=1S/C21H29Cl2NO4/c22-18-5-4-17(16-19(18)23)21(6-2-1-3-7-21)20(25)28-15-14-27-13-10-24-8-11-26-12-9-24/h4-5,16H,1-3,6-15H2. The van der Waals surface area contributed by atoms with Crippen molar-refractivity contribution in [2.45, 2.75) is 37.5 Å². The number of ether oxygens (including phenoxy) is 3. The Labute approximate surface area is 177 Å². The fourth-order valence-corrected chi connectivity index (χ4v) is 4.31. The van der Waals surface area contributed by atoms with Gasteiger partial charge in [0.25, 0.3) is 0 Å². The first-order valence-corrected chi connectivity index (χ1v) is 10.9. The number of esters is 1. The summed E-state index contributed by atoms with van der Waals surface area (Å²) in [7, 11) is 0. The van der Waals surface area contributed by atoms with Crippen LogP contribution >= 0.6 is 23.2 Å². The number of hydrogen-bond donors (Lipinski definition) is 0. The molecule has 0 spiro atoms. The summed E-state index contributed by atoms with van der Waals surface area (Å²) in [6.07, 6.45) is 4.71. The first-order chi connectivity index (χ1) is 13.6.